The molecule has 0 atom stereocenters. The van der Waals surface area contributed by atoms with Gasteiger partial charge in [0.25, 0.3) is 0 Å². The Labute approximate surface area is 206 Å². The van der Waals surface area contributed by atoms with Crippen LogP contribution in [0.5, 0.6) is 11.6 Å². The molecule has 0 bridgehead atoms. The molecule has 1 amide bonds. The Morgan fingerprint density at radius 3 is 2.51 bits per heavy atom. The van der Waals surface area contributed by atoms with Crippen molar-refractivity contribution in [2.45, 2.75) is 27.3 Å². The second kappa shape index (κ2) is 9.58. The minimum Gasteiger partial charge on any atom is -0.439 e. The third kappa shape index (κ3) is 5.41. The molecule has 1 aromatic carbocycles. The van der Waals surface area contributed by atoms with E-state index in [-0.39, 0.29) is 11.3 Å². The normalized spacial score (nSPS) is 16.5. The molecule has 0 N–H and O–H groups in total. The molecule has 0 unspecified atom stereocenters. The average molecular weight is 470 g/mol. The Balaban J connectivity index is 1.20. The molecule has 7 nitrogen and oxygen atoms in total. The van der Waals surface area contributed by atoms with Gasteiger partial charge in [0.1, 0.15) is 5.75 Å². The van der Waals surface area contributed by atoms with E-state index in [4.69, 9.17) is 4.74 Å². The summed E-state index contributed by atoms with van der Waals surface area (Å²) in [4.78, 5) is 30.2. The maximum absolute atomic E-state index is 12.5. The number of pyridine rings is 2. The summed E-state index contributed by atoms with van der Waals surface area (Å²) < 4.78 is 5.97. The van der Waals surface area contributed by atoms with E-state index < -0.39 is 0 Å². The van der Waals surface area contributed by atoms with Crippen LogP contribution in [0.3, 0.4) is 0 Å². The van der Waals surface area contributed by atoms with E-state index in [2.05, 4.69) is 25.9 Å². The van der Waals surface area contributed by atoms with Crippen molar-refractivity contribution >= 4 is 28.6 Å². The van der Waals surface area contributed by atoms with Crippen LogP contribution in [-0.2, 0) is 11.3 Å². The minimum absolute atomic E-state index is 0.231. The number of aliphatic imine (C=N–C) groups is 1. The van der Waals surface area contributed by atoms with Crippen molar-refractivity contribution in [3.8, 4) is 11.6 Å². The van der Waals surface area contributed by atoms with E-state index in [1.54, 1.807) is 0 Å². The molecule has 1 fully saturated rings. The number of hydrogen-bond acceptors (Lipinski definition) is 6. The molecular weight excluding hydrogens is 438 g/mol. The van der Waals surface area contributed by atoms with Gasteiger partial charge in [-0.1, -0.05) is 20.8 Å². The van der Waals surface area contributed by atoms with Crippen LogP contribution in [0.2, 0.25) is 0 Å². The largest absolute Gasteiger partial charge is 0.439 e. The second-order valence-corrected chi connectivity index (χ2v) is 10.2. The number of carbonyl (C=O) groups is 1. The predicted octanol–water partition coefficient (Wildman–Crippen LogP) is 4.58. The summed E-state index contributed by atoms with van der Waals surface area (Å²) in [5.41, 5.74) is 3.95. The fourth-order valence-corrected chi connectivity index (χ4v) is 4.42. The summed E-state index contributed by atoms with van der Waals surface area (Å²) in [6.07, 6.45) is 7.59. The van der Waals surface area contributed by atoms with Crippen molar-refractivity contribution in [1.29, 1.82) is 0 Å². The van der Waals surface area contributed by atoms with Gasteiger partial charge >= 0.3 is 0 Å². The van der Waals surface area contributed by atoms with E-state index >= 15 is 0 Å². The number of aromatic nitrogens is 2. The molecule has 180 valence electrons. The molecule has 3 aromatic rings. The highest BCUT2D eigenvalue weighted by atomic mass is 16.5. The zero-order valence-corrected chi connectivity index (χ0v) is 20.6. The van der Waals surface area contributed by atoms with Gasteiger partial charge in [0.05, 0.1) is 12.1 Å². The molecule has 0 saturated carbocycles. The monoisotopic (exact) mass is 469 g/mol. The highest BCUT2D eigenvalue weighted by molar-refractivity contribution is 5.89. The number of fused-ring (bicyclic) bond motifs is 1. The summed E-state index contributed by atoms with van der Waals surface area (Å²) in [6.45, 7) is 10.8. The van der Waals surface area contributed by atoms with Crippen molar-refractivity contribution < 1.29 is 9.53 Å². The maximum atomic E-state index is 12.5. The Morgan fingerprint density at radius 2 is 1.83 bits per heavy atom. The van der Waals surface area contributed by atoms with Crippen molar-refractivity contribution in [2.75, 3.05) is 32.7 Å². The van der Waals surface area contributed by atoms with Crippen LogP contribution < -0.4 is 4.74 Å². The molecule has 0 radical (unpaired) electrons. The molecule has 1 saturated heterocycles. The molecule has 2 aliphatic rings. The van der Waals surface area contributed by atoms with Crippen LogP contribution in [0.4, 0.5) is 0 Å². The van der Waals surface area contributed by atoms with E-state index in [1.807, 2.05) is 80.7 Å². The van der Waals surface area contributed by atoms with Crippen molar-refractivity contribution in [1.82, 2.24) is 19.8 Å². The van der Waals surface area contributed by atoms with Gasteiger partial charge in [0, 0.05) is 74.3 Å². The molecule has 2 aromatic heterocycles. The van der Waals surface area contributed by atoms with Gasteiger partial charge in [-0.3, -0.25) is 19.7 Å². The molecule has 35 heavy (non-hydrogen) atoms. The molecule has 2 aliphatic heterocycles. The van der Waals surface area contributed by atoms with Gasteiger partial charge in [0.2, 0.25) is 11.8 Å². The Hall–Kier alpha value is -3.58. The summed E-state index contributed by atoms with van der Waals surface area (Å²) in [5, 5.41) is 1.08. The zero-order chi connectivity index (χ0) is 24.4. The fourth-order valence-electron chi connectivity index (χ4n) is 4.42. The lowest BCUT2D eigenvalue weighted by Gasteiger charge is -2.37. The Morgan fingerprint density at radius 1 is 1.00 bits per heavy atom. The van der Waals surface area contributed by atoms with E-state index in [0.717, 1.165) is 54.8 Å². The molecule has 4 heterocycles. The van der Waals surface area contributed by atoms with Crippen LogP contribution in [0.15, 0.2) is 59.9 Å². The number of rotatable bonds is 5. The van der Waals surface area contributed by atoms with Gasteiger partial charge in [-0.2, -0.15) is 0 Å². The second-order valence-electron chi connectivity index (χ2n) is 10.2. The van der Waals surface area contributed by atoms with Gasteiger partial charge in [-0.15, -0.1) is 0 Å². The van der Waals surface area contributed by atoms with E-state index in [9.17, 15) is 4.79 Å². The van der Waals surface area contributed by atoms with Crippen LogP contribution in [0, 0.1) is 5.41 Å². The van der Waals surface area contributed by atoms with Crippen LogP contribution in [-0.4, -0.2) is 64.6 Å². The molecule has 7 heteroatoms. The number of hydrogen-bond donors (Lipinski definition) is 0. The summed E-state index contributed by atoms with van der Waals surface area (Å²) >= 11 is 0. The number of ether oxygens (including phenoxy) is 1. The highest BCUT2D eigenvalue weighted by Gasteiger charge is 2.29. The zero-order valence-electron chi connectivity index (χ0n) is 20.6. The first kappa shape index (κ1) is 23.2. The number of nitrogens with zero attached hydrogens (tertiary/aromatic N) is 5. The number of carbonyl (C=O) groups excluding carboxylic acids is 1. The quantitative estimate of drug-likeness (QED) is 0.547. The summed E-state index contributed by atoms with van der Waals surface area (Å²) in [6, 6.07) is 12.0. The molecular formula is C28H31N5O2. The van der Waals surface area contributed by atoms with E-state index in [0.29, 0.717) is 18.2 Å². The predicted molar refractivity (Wildman–Crippen MR) is 139 cm³/mol. The Kier molecular flexibility index (Phi) is 6.34. The minimum atomic E-state index is -0.324. The molecule has 0 spiro atoms. The van der Waals surface area contributed by atoms with Crippen molar-refractivity contribution in [3.05, 3.63) is 66.0 Å². The van der Waals surface area contributed by atoms with Crippen molar-refractivity contribution in [3.63, 3.8) is 0 Å². The lowest BCUT2D eigenvalue weighted by molar-refractivity contribution is -0.141. The molecule has 5 rings (SSSR count). The number of amides is 1. The number of piperazine rings is 1. The lowest BCUT2D eigenvalue weighted by Crippen LogP contribution is -2.51. The molecule has 0 aliphatic carbocycles. The smallest absolute Gasteiger partial charge is 0.228 e. The van der Waals surface area contributed by atoms with Gasteiger partial charge < -0.3 is 9.64 Å². The first-order valence-electron chi connectivity index (χ1n) is 12.1. The third-order valence-corrected chi connectivity index (χ3v) is 6.39. The third-order valence-electron chi connectivity index (χ3n) is 6.39. The SMILES string of the molecule is CC(C)(C)C(=O)N1CCN(Cc2cnc3cc(Oc4ccc(C5=CC=NC5)cn4)ccc3c2)CC1. The number of allylic oxidation sites excluding steroid dienone is 1. The number of benzene rings is 1. The first-order valence-corrected chi connectivity index (χ1v) is 12.1. The summed E-state index contributed by atoms with van der Waals surface area (Å²) in [5.74, 6) is 1.49. The highest BCUT2D eigenvalue weighted by Crippen LogP contribution is 2.26. The lowest BCUT2D eigenvalue weighted by atomic mass is 9.94. The van der Waals surface area contributed by atoms with Crippen molar-refractivity contribution in [2.24, 2.45) is 10.4 Å². The van der Waals surface area contributed by atoms with E-state index in [1.165, 1.54) is 5.56 Å². The van der Waals surface area contributed by atoms with Crippen LogP contribution in [0.1, 0.15) is 31.9 Å². The van der Waals surface area contributed by atoms with Crippen LogP contribution in [0.25, 0.3) is 16.5 Å². The Bertz CT molecular complexity index is 1280. The first-order chi connectivity index (χ1) is 16.8. The van der Waals surface area contributed by atoms with Gasteiger partial charge in [0.15, 0.2) is 0 Å². The average Bonchev–Trinajstić information content (AvgIpc) is 3.39. The maximum Gasteiger partial charge on any atom is 0.228 e. The topological polar surface area (TPSA) is 70.9 Å². The van der Waals surface area contributed by atoms with Gasteiger partial charge in [-0.25, -0.2) is 4.98 Å². The summed E-state index contributed by atoms with van der Waals surface area (Å²) in [7, 11) is 0. The fraction of sp³-hybridized carbons (Fsp3) is 0.357. The van der Waals surface area contributed by atoms with Gasteiger partial charge in [-0.05, 0) is 47.0 Å². The van der Waals surface area contributed by atoms with Crippen LogP contribution >= 0.6 is 0 Å². The standard InChI is InChI=1S/C28H31N5O2/c1-28(2,3)27(34)33-12-10-32(11-13-33)19-20-14-21-4-6-24(15-25(21)30-16-20)35-26-7-5-22(18-31-26)23-8-9-29-17-23/h4-9,14-16,18H,10-13,17,19H2,1-3H3.